The summed E-state index contributed by atoms with van der Waals surface area (Å²) in [7, 11) is 0. The average molecular weight is 1200 g/mol. The zero-order valence-electron chi connectivity index (χ0n) is 39.8. The van der Waals surface area contributed by atoms with Gasteiger partial charge in [-0.15, -0.1) is 0 Å². The van der Waals surface area contributed by atoms with Crippen LogP contribution in [0, 0.1) is 0 Å². The summed E-state index contributed by atoms with van der Waals surface area (Å²) in [5.74, 6) is -0.241. The standard InChI is InChI=1S/C38H49N16O18P3S3/c39-24-1-3-51(37(58)47-24)26-5-16(56)21(67-26)10-63-73(60,76)72-19-8-28(53-14-45-30-32(41)43-13-44-33(30)53)69-23(19)12-65-75(62,78)71-18-7-27(52-4-2-25(40)48-38(52)59)68-22(18)11-64-74(61,77)70-17-6-29(66-20(17)9-55)54-15-46-31-34(54)49-36(42)50-35(31)57/h1-4,13-23,26-29,55-56H,5-12H2,(H,60,76)(H,61,77)(H,62,78)(H2,39,47,58)(H2,40,48,59)(H2,41,43,44)(H3,42,49,50,57)/p-3/t16-,17-,18-,19-,20-,21-,22-,23-,26-,27-,28-,29-,73?,74?,75?/m1/s1. The Labute approximate surface area is 452 Å². The van der Waals surface area contributed by atoms with Crippen molar-refractivity contribution in [1.29, 1.82) is 0 Å². The van der Waals surface area contributed by atoms with Crippen LogP contribution in [0.4, 0.5) is 23.4 Å². The number of aromatic nitrogens is 12. The van der Waals surface area contributed by atoms with E-state index in [1.165, 1.54) is 52.6 Å². The molecule has 0 aliphatic carbocycles. The maximum Gasteiger partial charge on any atom is 0.351 e. The number of fused-ring (bicyclic) bond motifs is 2. The maximum atomic E-state index is 14.2. The molecule has 4 aliphatic rings. The number of hydrogen-bond donors (Lipinski definition) is 7. The highest BCUT2D eigenvalue weighted by Crippen LogP contribution is 2.53. The van der Waals surface area contributed by atoms with Crippen LogP contribution in [0.25, 0.3) is 22.3 Å². The molecule has 4 aliphatic heterocycles. The number of ether oxygens (including phenoxy) is 4. The van der Waals surface area contributed by atoms with Crippen LogP contribution < -0.4 is 49.7 Å². The Morgan fingerprint density at radius 2 is 1.15 bits per heavy atom. The third-order valence-electron chi connectivity index (χ3n) is 12.7. The highest BCUT2D eigenvalue weighted by molar-refractivity contribution is 8.32. The lowest BCUT2D eigenvalue weighted by Gasteiger charge is -2.35. The first-order valence-corrected chi connectivity index (χ1v) is 30.9. The van der Waals surface area contributed by atoms with Gasteiger partial charge in [-0.1, -0.05) is 23.6 Å². The predicted molar refractivity (Wildman–Crippen MR) is 271 cm³/mol. The third-order valence-corrected chi connectivity index (χ3v) is 17.4. The number of aliphatic hydroxyl groups is 2. The van der Waals surface area contributed by atoms with Gasteiger partial charge in [0.25, 0.3) is 5.56 Å². The van der Waals surface area contributed by atoms with Crippen molar-refractivity contribution in [3.05, 3.63) is 74.8 Å². The molecule has 10 rings (SSSR count). The van der Waals surface area contributed by atoms with Crippen LogP contribution in [-0.4, -0.2) is 144 Å². The van der Waals surface area contributed by atoms with Crippen molar-refractivity contribution >= 4 is 102 Å². The Morgan fingerprint density at radius 3 is 1.74 bits per heavy atom. The van der Waals surface area contributed by atoms with Gasteiger partial charge in [-0.25, -0.2) is 29.5 Å². The molecule has 0 bridgehead atoms. The lowest BCUT2D eigenvalue weighted by atomic mass is 10.2. The summed E-state index contributed by atoms with van der Waals surface area (Å²) in [6.45, 7) is -16.3. The second-order valence-electron chi connectivity index (χ2n) is 17.8. The molecule has 6 aromatic heterocycles. The molecule has 6 aromatic rings. The summed E-state index contributed by atoms with van der Waals surface area (Å²) >= 11 is 15.9. The lowest BCUT2D eigenvalue weighted by Crippen LogP contribution is -2.33. The van der Waals surface area contributed by atoms with E-state index in [1.54, 1.807) is 0 Å². The van der Waals surface area contributed by atoms with E-state index in [2.05, 4.69) is 39.9 Å². The van der Waals surface area contributed by atoms with Gasteiger partial charge in [0, 0.05) is 38.1 Å². The lowest BCUT2D eigenvalue weighted by molar-refractivity contribution is -0.216. The normalized spacial score (nSPS) is 29.8. The number of anilines is 4. The summed E-state index contributed by atoms with van der Waals surface area (Å²) in [5, 5.41) is 21.0. The SMILES string of the molecule is Nc1ccn([C@H]2C[C@@H](O)[C@@H](COP([O-])(=S)O[C@@H]3C[C@H](n4cnc5c(N)ncnc54)O[C@@H]3COP(=O)([S-])O[C@@H]3C[C@H](n4ccc(N)nc4=O)O[C@@H]3COP([O-])(=S)O[C@@H]3C[C@H](n4cnc5c(=O)[nH]c(N)nc54)O[C@@H]3CO)O2)c(=O)n1. The second kappa shape index (κ2) is 22.6. The molecule has 0 spiro atoms. The van der Waals surface area contributed by atoms with Crippen molar-refractivity contribution < 1.29 is 70.7 Å². The van der Waals surface area contributed by atoms with E-state index >= 15 is 0 Å². The summed E-state index contributed by atoms with van der Waals surface area (Å²) in [6.07, 6.45) is -7.97. The van der Waals surface area contributed by atoms with Crippen LogP contribution in [0.2, 0.25) is 0 Å². The molecule has 0 aromatic carbocycles. The van der Waals surface area contributed by atoms with Crippen molar-refractivity contribution in [2.24, 2.45) is 0 Å². The van der Waals surface area contributed by atoms with Crippen LogP contribution in [0.5, 0.6) is 0 Å². The van der Waals surface area contributed by atoms with E-state index in [-0.39, 0.29) is 71.4 Å². The van der Waals surface area contributed by atoms with E-state index < -0.39 is 137 Å². The molecule has 11 N–H and O–H groups in total. The molecule has 0 radical (unpaired) electrons. The van der Waals surface area contributed by atoms with Gasteiger partial charge in [0.2, 0.25) is 5.95 Å². The summed E-state index contributed by atoms with van der Waals surface area (Å²) in [5.41, 5.74) is 21.4. The fourth-order valence-electron chi connectivity index (χ4n) is 9.05. The molecule has 4 fully saturated rings. The van der Waals surface area contributed by atoms with Crippen molar-refractivity contribution in [3.63, 3.8) is 0 Å². The number of rotatable bonds is 20. The highest BCUT2D eigenvalue weighted by Gasteiger charge is 2.45. The van der Waals surface area contributed by atoms with Crippen LogP contribution in [-0.2, 0) is 86.5 Å². The van der Waals surface area contributed by atoms with Crippen LogP contribution in [0.1, 0.15) is 50.6 Å². The first kappa shape index (κ1) is 56.5. The Morgan fingerprint density at radius 1 is 0.667 bits per heavy atom. The van der Waals surface area contributed by atoms with Gasteiger partial charge in [0.15, 0.2) is 29.4 Å². The number of aliphatic hydroxyl groups excluding tert-OH is 2. The Hall–Kier alpha value is -4.82. The van der Waals surface area contributed by atoms with Crippen LogP contribution in [0.3, 0.4) is 0 Å². The monoisotopic (exact) mass is 1200 g/mol. The number of nitrogens with one attached hydrogen (secondary N) is 1. The van der Waals surface area contributed by atoms with Gasteiger partial charge in [-0.05, 0) is 12.1 Å². The first-order chi connectivity index (χ1) is 37.0. The van der Waals surface area contributed by atoms with Crippen molar-refractivity contribution in [3.8, 4) is 0 Å². The quantitative estimate of drug-likeness (QED) is 0.0303. The van der Waals surface area contributed by atoms with Gasteiger partial charge in [-0.3, -0.25) is 32.6 Å². The Kier molecular flexibility index (Phi) is 16.4. The molecule has 78 heavy (non-hydrogen) atoms. The fraction of sp³-hybridized carbons (Fsp3) is 0.526. The molecule has 0 amide bonds. The molecule has 40 heteroatoms. The van der Waals surface area contributed by atoms with Gasteiger partial charge in [0.05, 0.1) is 63.5 Å². The molecule has 0 saturated carbocycles. The van der Waals surface area contributed by atoms with E-state index in [0.29, 0.717) is 0 Å². The predicted octanol–water partition coefficient (Wildman–Crippen LogP) is -2.66. The Bertz CT molecular complexity index is 3540. The number of nitrogens with zero attached hydrogens (tertiary/aromatic N) is 11. The molecule has 10 heterocycles. The fourth-order valence-corrected chi connectivity index (χ4v) is 13.4. The molecular formula is C38H46N16O18P3S3-3. The first-order valence-electron chi connectivity index (χ1n) is 23.2. The highest BCUT2D eigenvalue weighted by atomic mass is 32.7. The number of aromatic amines is 1. The minimum Gasteiger partial charge on any atom is -0.780 e. The van der Waals surface area contributed by atoms with Gasteiger partial charge in [-0.2, -0.15) is 15.0 Å². The second-order valence-corrected chi connectivity index (χ2v) is 25.9. The number of H-pyrrole nitrogens is 1. The minimum absolute atomic E-state index is 0.0185. The molecule has 3 unspecified atom stereocenters. The van der Waals surface area contributed by atoms with E-state index in [1.807, 2.05) is 0 Å². The molecule has 4 saturated heterocycles. The molecule has 34 nitrogen and oxygen atoms in total. The number of imidazole rings is 2. The van der Waals surface area contributed by atoms with Crippen LogP contribution >= 0.6 is 20.2 Å². The zero-order chi connectivity index (χ0) is 55.4. The third kappa shape index (κ3) is 12.4. The average Bonchev–Trinajstić information content (AvgIpc) is 4.29. The smallest absolute Gasteiger partial charge is 0.351 e. The van der Waals surface area contributed by atoms with E-state index in [4.69, 9.17) is 105 Å². The molecular weight excluding hydrogens is 1160 g/mol. The van der Waals surface area contributed by atoms with Gasteiger partial charge >= 0.3 is 11.4 Å². The maximum absolute atomic E-state index is 14.2. The Balaban J connectivity index is 0.822. The summed E-state index contributed by atoms with van der Waals surface area (Å²) < 4.78 is 77.8. The van der Waals surface area contributed by atoms with Crippen molar-refractivity contribution in [2.75, 3.05) is 49.4 Å². The largest absolute Gasteiger partial charge is 0.780 e. The van der Waals surface area contributed by atoms with E-state index in [9.17, 15) is 38.9 Å². The van der Waals surface area contributed by atoms with Crippen molar-refractivity contribution in [2.45, 2.75) is 99.4 Å². The molecule has 15 atom stereocenters. The number of nitrogen functional groups attached to an aromatic ring is 4. The summed E-state index contributed by atoms with van der Waals surface area (Å²) in [6, 6.07) is 2.69. The number of nitrogens with two attached hydrogens (primary N) is 4. The van der Waals surface area contributed by atoms with Gasteiger partial charge in [0.1, 0.15) is 86.2 Å². The summed E-state index contributed by atoms with van der Waals surface area (Å²) in [4.78, 5) is 95.9. The van der Waals surface area contributed by atoms with Crippen LogP contribution in [0.15, 0.2) is 57.9 Å². The minimum atomic E-state index is -4.69. The van der Waals surface area contributed by atoms with Crippen molar-refractivity contribution in [1.82, 2.24) is 58.1 Å². The number of hydrogen-bond acceptors (Lipinski definition) is 32. The van der Waals surface area contributed by atoms with Gasteiger partial charge < -0.3 is 101 Å². The topological polar surface area (TPSA) is 477 Å². The molecule has 422 valence electrons. The van der Waals surface area contributed by atoms with E-state index in [0.717, 1.165) is 9.13 Å². The zero-order valence-corrected chi connectivity index (χ0v) is 45.0.